The van der Waals surface area contributed by atoms with E-state index in [1.165, 1.54) is 0 Å². The van der Waals surface area contributed by atoms with Gasteiger partial charge in [-0.25, -0.2) is 9.89 Å². The predicted octanol–water partition coefficient (Wildman–Crippen LogP) is 1.77. The summed E-state index contributed by atoms with van der Waals surface area (Å²) >= 11 is 1.73. The van der Waals surface area contributed by atoms with Crippen LogP contribution in [0.25, 0.3) is 0 Å². The number of H-pyrrole nitrogens is 2. The van der Waals surface area contributed by atoms with Crippen LogP contribution in [0.3, 0.4) is 0 Å². The Morgan fingerprint density at radius 3 is 2.89 bits per heavy atom. The Labute approximate surface area is 114 Å². The number of aromatic nitrogens is 3. The summed E-state index contributed by atoms with van der Waals surface area (Å²) in [6.07, 6.45) is 2.03. The van der Waals surface area contributed by atoms with E-state index in [1.807, 2.05) is 24.5 Å². The molecule has 1 aromatic heterocycles. The highest BCUT2D eigenvalue weighted by molar-refractivity contribution is 7.98. The van der Waals surface area contributed by atoms with Crippen molar-refractivity contribution < 1.29 is 4.79 Å². The van der Waals surface area contributed by atoms with E-state index in [4.69, 9.17) is 0 Å². The van der Waals surface area contributed by atoms with Gasteiger partial charge in [0.05, 0.1) is 0 Å². The molecule has 19 heavy (non-hydrogen) atoms. The molecule has 3 N–H and O–H groups in total. The Bertz CT molecular complexity index is 634. The molecule has 6 nitrogen and oxygen atoms in total. The van der Waals surface area contributed by atoms with E-state index < -0.39 is 11.6 Å². The maximum Gasteiger partial charge on any atom is 0.341 e. The molecule has 0 bridgehead atoms. The smallest absolute Gasteiger partial charge is 0.319 e. The van der Waals surface area contributed by atoms with Crippen molar-refractivity contribution in [3.8, 4) is 0 Å². The zero-order chi connectivity index (χ0) is 13.8. The van der Waals surface area contributed by atoms with Crippen molar-refractivity contribution in [2.45, 2.75) is 12.2 Å². The zero-order valence-electron chi connectivity index (χ0n) is 10.6. The highest BCUT2D eigenvalue weighted by Crippen LogP contribution is 2.27. The molecule has 0 aliphatic carbocycles. The Morgan fingerprint density at radius 1 is 1.47 bits per heavy atom. The monoisotopic (exact) mass is 278 g/mol. The van der Waals surface area contributed by atoms with E-state index in [1.54, 1.807) is 17.8 Å². The second kappa shape index (κ2) is 5.75. The third-order valence-corrected chi connectivity index (χ3v) is 3.66. The number of aromatic amines is 2. The number of nitrogens with one attached hydrogen (secondary N) is 3. The summed E-state index contributed by atoms with van der Waals surface area (Å²) in [5, 5.41) is 8.76. The molecule has 1 amide bonds. The molecule has 0 aliphatic heterocycles. The molecule has 1 atom stereocenters. The normalized spacial score (nSPS) is 12.1. The number of amides is 1. The summed E-state index contributed by atoms with van der Waals surface area (Å²) in [5.74, 6) is -0.486. The van der Waals surface area contributed by atoms with Gasteiger partial charge in [0.2, 0.25) is 5.82 Å². The van der Waals surface area contributed by atoms with Crippen molar-refractivity contribution in [1.29, 1.82) is 0 Å². The lowest BCUT2D eigenvalue weighted by atomic mass is 10.1. The lowest BCUT2D eigenvalue weighted by Crippen LogP contribution is -2.15. The molecule has 100 valence electrons. The fourth-order valence-corrected chi connectivity index (χ4v) is 1.99. The lowest BCUT2D eigenvalue weighted by Gasteiger charge is -2.10. The first-order valence-electron chi connectivity index (χ1n) is 5.69. The van der Waals surface area contributed by atoms with Gasteiger partial charge in [0.25, 0.3) is 5.91 Å². The lowest BCUT2D eigenvalue weighted by molar-refractivity contribution is 0.101. The summed E-state index contributed by atoms with van der Waals surface area (Å²) in [4.78, 5) is 25.0. The van der Waals surface area contributed by atoms with Crippen molar-refractivity contribution in [1.82, 2.24) is 15.2 Å². The van der Waals surface area contributed by atoms with Gasteiger partial charge in [-0.05, 0) is 30.9 Å². The average molecular weight is 278 g/mol. The van der Waals surface area contributed by atoms with Crippen LogP contribution in [0.15, 0.2) is 29.1 Å². The second-order valence-corrected chi connectivity index (χ2v) is 5.16. The number of hydrogen-bond donors (Lipinski definition) is 3. The molecule has 1 aromatic carbocycles. The maximum atomic E-state index is 11.8. The number of carbonyl (C=O) groups excluding carboxylic acids is 1. The number of benzene rings is 1. The van der Waals surface area contributed by atoms with Crippen molar-refractivity contribution >= 4 is 23.4 Å². The first-order valence-corrected chi connectivity index (χ1v) is 6.97. The Morgan fingerprint density at radius 2 is 2.26 bits per heavy atom. The number of nitrogens with zero attached hydrogens (tertiary/aromatic N) is 1. The van der Waals surface area contributed by atoms with Crippen LogP contribution in [-0.4, -0.2) is 27.3 Å². The molecule has 0 saturated carbocycles. The van der Waals surface area contributed by atoms with E-state index in [0.717, 1.165) is 5.56 Å². The number of rotatable bonds is 4. The fraction of sp³-hybridized carbons (Fsp3) is 0.250. The van der Waals surface area contributed by atoms with Crippen molar-refractivity contribution in [2.75, 3.05) is 11.6 Å². The Hall–Kier alpha value is -2.02. The van der Waals surface area contributed by atoms with Crippen LogP contribution >= 0.6 is 11.8 Å². The van der Waals surface area contributed by atoms with Crippen molar-refractivity contribution in [2.24, 2.45) is 0 Å². The van der Waals surface area contributed by atoms with Crippen LogP contribution in [-0.2, 0) is 0 Å². The molecule has 1 unspecified atom stereocenters. The number of anilines is 1. The summed E-state index contributed by atoms with van der Waals surface area (Å²) in [6.45, 7) is 2.09. The minimum atomic E-state index is -0.505. The van der Waals surface area contributed by atoms with E-state index in [-0.39, 0.29) is 5.82 Å². The van der Waals surface area contributed by atoms with Gasteiger partial charge in [-0.1, -0.05) is 12.1 Å². The topological polar surface area (TPSA) is 90.6 Å². The molecule has 7 heteroatoms. The van der Waals surface area contributed by atoms with Gasteiger partial charge < -0.3 is 5.32 Å². The van der Waals surface area contributed by atoms with E-state index in [2.05, 4.69) is 27.4 Å². The van der Waals surface area contributed by atoms with Gasteiger partial charge in [-0.3, -0.25) is 9.78 Å². The summed E-state index contributed by atoms with van der Waals surface area (Å²) in [7, 11) is 0. The molecule has 2 rings (SSSR count). The molecule has 0 spiro atoms. The zero-order valence-corrected chi connectivity index (χ0v) is 11.4. The molecule has 0 radical (unpaired) electrons. The largest absolute Gasteiger partial charge is 0.341 e. The van der Waals surface area contributed by atoms with Crippen LogP contribution in [0.1, 0.15) is 28.4 Å². The minimum absolute atomic E-state index is 0.0340. The minimum Gasteiger partial charge on any atom is -0.319 e. The SMILES string of the molecule is CSC(C)c1cccc(NC(=O)c2n[nH]c(=O)[nH]2)c1. The predicted molar refractivity (Wildman–Crippen MR) is 75.5 cm³/mol. The van der Waals surface area contributed by atoms with Crippen LogP contribution < -0.4 is 11.0 Å². The van der Waals surface area contributed by atoms with E-state index >= 15 is 0 Å². The summed E-state index contributed by atoms with van der Waals surface area (Å²) in [5.41, 5.74) is 1.29. The highest BCUT2D eigenvalue weighted by atomic mass is 32.2. The molecule has 0 saturated heterocycles. The maximum absolute atomic E-state index is 11.8. The van der Waals surface area contributed by atoms with Gasteiger partial charge >= 0.3 is 5.69 Å². The number of thioether (sulfide) groups is 1. The standard InChI is InChI=1S/C12H14N4O2S/c1-7(19-2)8-4-3-5-9(6-8)13-11(17)10-14-12(18)16-15-10/h3-7H,1-2H3,(H,13,17)(H2,14,15,16,18). The van der Waals surface area contributed by atoms with Gasteiger partial charge in [0.15, 0.2) is 0 Å². The van der Waals surface area contributed by atoms with Gasteiger partial charge in [-0.15, -0.1) is 5.10 Å². The fourth-order valence-electron chi connectivity index (χ4n) is 1.57. The van der Waals surface area contributed by atoms with E-state index in [0.29, 0.717) is 10.9 Å². The van der Waals surface area contributed by atoms with Crippen LogP contribution in [0, 0.1) is 0 Å². The molecule has 0 aliphatic rings. The third kappa shape index (κ3) is 3.25. The van der Waals surface area contributed by atoms with Crippen LogP contribution in [0.5, 0.6) is 0 Å². The van der Waals surface area contributed by atoms with Crippen molar-refractivity contribution in [3.05, 3.63) is 46.1 Å². The average Bonchev–Trinajstić information content (AvgIpc) is 2.85. The molecule has 0 fully saturated rings. The summed E-state index contributed by atoms with van der Waals surface area (Å²) in [6, 6.07) is 7.58. The van der Waals surface area contributed by atoms with Gasteiger partial charge in [0.1, 0.15) is 0 Å². The second-order valence-electron chi connectivity index (χ2n) is 3.98. The van der Waals surface area contributed by atoms with Crippen LogP contribution in [0.4, 0.5) is 5.69 Å². The van der Waals surface area contributed by atoms with Gasteiger partial charge in [-0.2, -0.15) is 11.8 Å². The molecular formula is C12H14N4O2S. The van der Waals surface area contributed by atoms with Crippen LogP contribution in [0.2, 0.25) is 0 Å². The Kier molecular flexibility index (Phi) is 4.06. The third-order valence-electron chi connectivity index (χ3n) is 2.68. The number of hydrogen-bond acceptors (Lipinski definition) is 4. The highest BCUT2D eigenvalue weighted by Gasteiger charge is 2.11. The quantitative estimate of drug-likeness (QED) is 0.795. The summed E-state index contributed by atoms with van der Waals surface area (Å²) < 4.78 is 0. The molecule has 1 heterocycles. The first-order chi connectivity index (χ1) is 9.10. The van der Waals surface area contributed by atoms with Gasteiger partial charge in [0, 0.05) is 10.9 Å². The molecule has 2 aromatic rings. The van der Waals surface area contributed by atoms with E-state index in [9.17, 15) is 9.59 Å². The first kappa shape index (κ1) is 13.4. The Balaban J connectivity index is 2.15. The number of carbonyl (C=O) groups is 1. The van der Waals surface area contributed by atoms with Crippen molar-refractivity contribution in [3.63, 3.8) is 0 Å². The molecular weight excluding hydrogens is 264 g/mol.